The molecule has 0 aromatic heterocycles. The highest BCUT2D eigenvalue weighted by Gasteiger charge is 2.38. The van der Waals surface area contributed by atoms with Gasteiger partial charge in [-0.15, -0.1) is 0 Å². The molecule has 0 aromatic carbocycles. The van der Waals surface area contributed by atoms with E-state index in [9.17, 15) is 13.6 Å². The molecule has 1 atom stereocenters. The van der Waals surface area contributed by atoms with Gasteiger partial charge in [-0.25, -0.2) is 8.78 Å². The molecule has 74 valence electrons. The molecular formula is C9H13F2NO. The van der Waals surface area contributed by atoms with Crippen LogP contribution in [0.4, 0.5) is 8.78 Å². The Morgan fingerprint density at radius 1 is 1.69 bits per heavy atom. The zero-order valence-corrected chi connectivity index (χ0v) is 7.52. The van der Waals surface area contributed by atoms with Crippen molar-refractivity contribution in [2.45, 2.75) is 31.7 Å². The third-order valence-corrected chi connectivity index (χ3v) is 1.97. The lowest BCUT2D eigenvalue weighted by molar-refractivity contribution is -0.112. The van der Waals surface area contributed by atoms with E-state index in [0.717, 1.165) is 0 Å². The molecule has 1 fully saturated rings. The Hall–Kier alpha value is -0.770. The summed E-state index contributed by atoms with van der Waals surface area (Å²) in [6, 6.07) is -0.189. The number of halogens is 2. The van der Waals surface area contributed by atoms with Crippen LogP contribution < -0.4 is 5.32 Å². The normalized spacial score (nSPS) is 26.8. The van der Waals surface area contributed by atoms with Crippen LogP contribution in [0.3, 0.4) is 0 Å². The summed E-state index contributed by atoms with van der Waals surface area (Å²) in [7, 11) is 0. The smallest absolute Gasteiger partial charge is 0.261 e. The summed E-state index contributed by atoms with van der Waals surface area (Å²) >= 11 is 0. The molecule has 0 aromatic rings. The first kappa shape index (κ1) is 10.3. The largest absolute Gasteiger partial charge is 0.308 e. The third-order valence-electron chi connectivity index (χ3n) is 1.97. The summed E-state index contributed by atoms with van der Waals surface area (Å²) in [5.41, 5.74) is 0. The number of carbonyl (C=O) groups excluding carboxylic acids is 1. The minimum atomic E-state index is -2.57. The lowest BCUT2D eigenvalue weighted by Gasteiger charge is -2.06. The standard InChI is InChI=1S/C9H13F2NO/c1-7(13)3-2-4-8-5-9(10,11)6-12-8/h2-3,8,12H,4-6H2,1H3/b3-2+/t8-/m0/s1. The molecule has 4 heteroatoms. The zero-order valence-electron chi connectivity index (χ0n) is 7.52. The molecule has 0 aliphatic carbocycles. The van der Waals surface area contributed by atoms with Crippen molar-refractivity contribution in [1.29, 1.82) is 0 Å². The molecule has 1 rings (SSSR count). The van der Waals surface area contributed by atoms with Crippen LogP contribution >= 0.6 is 0 Å². The van der Waals surface area contributed by atoms with Crippen LogP contribution in [-0.2, 0) is 4.79 Å². The van der Waals surface area contributed by atoms with Gasteiger partial charge in [0.25, 0.3) is 5.92 Å². The van der Waals surface area contributed by atoms with Crippen LogP contribution in [0.15, 0.2) is 12.2 Å². The fourth-order valence-electron chi connectivity index (χ4n) is 1.36. The number of alkyl halides is 2. The van der Waals surface area contributed by atoms with Crippen LogP contribution in [0.5, 0.6) is 0 Å². The molecular weight excluding hydrogens is 176 g/mol. The van der Waals surface area contributed by atoms with Gasteiger partial charge in [-0.1, -0.05) is 6.08 Å². The molecule has 0 unspecified atom stereocenters. The highest BCUT2D eigenvalue weighted by molar-refractivity contribution is 5.87. The molecule has 0 spiro atoms. The van der Waals surface area contributed by atoms with Gasteiger partial charge >= 0.3 is 0 Å². The van der Waals surface area contributed by atoms with E-state index in [4.69, 9.17) is 0 Å². The molecule has 2 nitrogen and oxygen atoms in total. The van der Waals surface area contributed by atoms with Crippen LogP contribution in [0.25, 0.3) is 0 Å². The van der Waals surface area contributed by atoms with Crippen molar-refractivity contribution in [3.05, 3.63) is 12.2 Å². The Balaban J connectivity index is 2.29. The Kier molecular flexibility index (Phi) is 3.14. The molecule has 0 bridgehead atoms. The van der Waals surface area contributed by atoms with Crippen molar-refractivity contribution in [1.82, 2.24) is 5.32 Å². The van der Waals surface area contributed by atoms with Crippen molar-refractivity contribution < 1.29 is 13.6 Å². The molecule has 0 amide bonds. The van der Waals surface area contributed by atoms with Gasteiger partial charge in [0.2, 0.25) is 0 Å². The third kappa shape index (κ3) is 3.63. The summed E-state index contributed by atoms with van der Waals surface area (Å²) < 4.78 is 25.3. The van der Waals surface area contributed by atoms with Crippen LogP contribution in [0.2, 0.25) is 0 Å². The monoisotopic (exact) mass is 189 g/mol. The number of hydrogen-bond donors (Lipinski definition) is 1. The maximum absolute atomic E-state index is 12.6. The average molecular weight is 189 g/mol. The Morgan fingerprint density at radius 3 is 2.85 bits per heavy atom. The quantitative estimate of drug-likeness (QED) is 0.682. The number of allylic oxidation sites excluding steroid dienone is 1. The van der Waals surface area contributed by atoms with Crippen molar-refractivity contribution >= 4 is 5.78 Å². The summed E-state index contributed by atoms with van der Waals surface area (Å²) in [5, 5.41) is 2.71. The van der Waals surface area contributed by atoms with E-state index in [1.54, 1.807) is 6.08 Å². The Labute approximate surface area is 76.0 Å². The van der Waals surface area contributed by atoms with Crippen molar-refractivity contribution in [3.63, 3.8) is 0 Å². The van der Waals surface area contributed by atoms with Crippen LogP contribution in [-0.4, -0.2) is 24.3 Å². The lowest BCUT2D eigenvalue weighted by atomic mass is 10.1. The summed E-state index contributed by atoms with van der Waals surface area (Å²) in [6.45, 7) is 1.19. The van der Waals surface area contributed by atoms with Crippen molar-refractivity contribution in [2.24, 2.45) is 0 Å². The summed E-state index contributed by atoms with van der Waals surface area (Å²) in [5.74, 6) is -2.63. The number of hydrogen-bond acceptors (Lipinski definition) is 2. The molecule has 1 N–H and O–H groups in total. The lowest BCUT2D eigenvalue weighted by Crippen LogP contribution is -2.21. The fourth-order valence-corrected chi connectivity index (χ4v) is 1.36. The maximum Gasteiger partial charge on any atom is 0.261 e. The first-order valence-electron chi connectivity index (χ1n) is 4.28. The fraction of sp³-hybridized carbons (Fsp3) is 0.667. The molecule has 13 heavy (non-hydrogen) atoms. The van der Waals surface area contributed by atoms with Crippen LogP contribution in [0.1, 0.15) is 19.8 Å². The second-order valence-electron chi connectivity index (χ2n) is 3.39. The molecule has 0 radical (unpaired) electrons. The first-order valence-corrected chi connectivity index (χ1v) is 4.28. The second-order valence-corrected chi connectivity index (χ2v) is 3.39. The minimum absolute atomic E-state index is 0.0512. The zero-order chi connectivity index (χ0) is 9.90. The molecule has 1 aliphatic rings. The van der Waals surface area contributed by atoms with Crippen LogP contribution in [0, 0.1) is 0 Å². The van der Waals surface area contributed by atoms with Gasteiger partial charge in [0.1, 0.15) is 0 Å². The van der Waals surface area contributed by atoms with Gasteiger partial charge in [-0.2, -0.15) is 0 Å². The van der Waals surface area contributed by atoms with E-state index >= 15 is 0 Å². The van der Waals surface area contributed by atoms with E-state index in [1.165, 1.54) is 13.0 Å². The molecule has 1 heterocycles. The number of rotatable bonds is 3. The molecule has 1 aliphatic heterocycles. The predicted molar refractivity (Wildman–Crippen MR) is 45.8 cm³/mol. The van der Waals surface area contributed by atoms with Crippen molar-refractivity contribution in [3.8, 4) is 0 Å². The van der Waals surface area contributed by atoms with Crippen molar-refractivity contribution in [2.75, 3.05) is 6.54 Å². The van der Waals surface area contributed by atoms with Gasteiger partial charge in [0, 0.05) is 12.5 Å². The van der Waals surface area contributed by atoms with E-state index in [1.807, 2.05) is 0 Å². The highest BCUT2D eigenvalue weighted by atomic mass is 19.3. The summed E-state index contributed by atoms with van der Waals surface area (Å²) in [6.07, 6.45) is 3.42. The Morgan fingerprint density at radius 2 is 2.38 bits per heavy atom. The minimum Gasteiger partial charge on any atom is -0.308 e. The predicted octanol–water partition coefficient (Wildman–Crippen LogP) is 1.52. The van der Waals surface area contributed by atoms with E-state index in [-0.39, 0.29) is 24.8 Å². The number of ketones is 1. The van der Waals surface area contributed by atoms with Gasteiger partial charge in [0.05, 0.1) is 6.54 Å². The first-order chi connectivity index (χ1) is 5.99. The molecule has 1 saturated heterocycles. The van der Waals surface area contributed by atoms with Gasteiger partial charge in [0.15, 0.2) is 5.78 Å². The van der Waals surface area contributed by atoms with E-state index in [0.29, 0.717) is 6.42 Å². The number of carbonyl (C=O) groups is 1. The topological polar surface area (TPSA) is 29.1 Å². The Bertz CT molecular complexity index is 226. The van der Waals surface area contributed by atoms with Gasteiger partial charge < -0.3 is 5.32 Å². The van der Waals surface area contributed by atoms with Gasteiger partial charge in [-0.05, 0) is 19.4 Å². The maximum atomic E-state index is 12.6. The average Bonchev–Trinajstić information content (AvgIpc) is 2.29. The summed E-state index contributed by atoms with van der Waals surface area (Å²) in [4.78, 5) is 10.5. The van der Waals surface area contributed by atoms with Gasteiger partial charge in [-0.3, -0.25) is 4.79 Å². The van der Waals surface area contributed by atoms with E-state index < -0.39 is 5.92 Å². The highest BCUT2D eigenvalue weighted by Crippen LogP contribution is 2.26. The second kappa shape index (κ2) is 3.96. The number of nitrogens with one attached hydrogen (secondary N) is 1. The molecule has 0 saturated carbocycles. The van der Waals surface area contributed by atoms with E-state index in [2.05, 4.69) is 5.32 Å². The SMILES string of the molecule is CC(=O)/C=C/C[C@H]1CC(F)(F)CN1.